The van der Waals surface area contributed by atoms with Gasteiger partial charge >= 0.3 is 0 Å². The molecule has 17 heavy (non-hydrogen) atoms. The number of aromatic nitrogens is 1. The van der Waals surface area contributed by atoms with Crippen molar-refractivity contribution in [1.82, 2.24) is 4.98 Å². The van der Waals surface area contributed by atoms with Crippen molar-refractivity contribution in [3.05, 3.63) is 53.3 Å². The van der Waals surface area contributed by atoms with Gasteiger partial charge in [0.1, 0.15) is 0 Å². The molecule has 1 aromatic carbocycles. The van der Waals surface area contributed by atoms with Gasteiger partial charge in [-0.3, -0.25) is 4.98 Å². The van der Waals surface area contributed by atoms with Crippen molar-refractivity contribution in [2.75, 3.05) is 0 Å². The van der Waals surface area contributed by atoms with Crippen LogP contribution in [0.5, 0.6) is 0 Å². The molecule has 88 valence electrons. The Morgan fingerprint density at radius 3 is 2.29 bits per heavy atom. The first-order chi connectivity index (χ1) is 8.15. The van der Waals surface area contributed by atoms with Crippen LogP contribution in [0, 0.1) is 0 Å². The number of hydrogen-bond acceptors (Lipinski definition) is 3. The maximum atomic E-state index is 5.83. The third kappa shape index (κ3) is 3.46. The summed E-state index contributed by atoms with van der Waals surface area (Å²) in [5, 5.41) is 0.750. The molecule has 2 rings (SSSR count). The van der Waals surface area contributed by atoms with Crippen molar-refractivity contribution in [3.8, 4) is 0 Å². The Kier molecular flexibility index (Phi) is 4.05. The summed E-state index contributed by atoms with van der Waals surface area (Å²) in [5.74, 6) is 0. The summed E-state index contributed by atoms with van der Waals surface area (Å²) in [5.41, 5.74) is 6.66. The largest absolute Gasteiger partial charge is 0.323 e. The van der Waals surface area contributed by atoms with Gasteiger partial charge in [0.05, 0.1) is 5.69 Å². The summed E-state index contributed by atoms with van der Waals surface area (Å²) in [6.45, 7) is 1.92. The van der Waals surface area contributed by atoms with Crippen molar-refractivity contribution in [2.45, 2.75) is 22.8 Å². The molecular weight excluding hydrogens is 252 g/mol. The van der Waals surface area contributed by atoms with Gasteiger partial charge in [0.15, 0.2) is 0 Å². The summed E-state index contributed by atoms with van der Waals surface area (Å²) in [7, 11) is 0. The van der Waals surface area contributed by atoms with Crippen LogP contribution in [-0.2, 0) is 0 Å². The number of nitrogens with zero attached hydrogens (tertiary/aromatic N) is 1. The molecule has 1 heterocycles. The summed E-state index contributed by atoms with van der Waals surface area (Å²) < 4.78 is 0. The summed E-state index contributed by atoms with van der Waals surface area (Å²) in [4.78, 5) is 6.56. The Morgan fingerprint density at radius 2 is 1.76 bits per heavy atom. The van der Waals surface area contributed by atoms with Gasteiger partial charge in [-0.25, -0.2) is 0 Å². The van der Waals surface area contributed by atoms with Crippen LogP contribution in [0.3, 0.4) is 0 Å². The summed E-state index contributed by atoms with van der Waals surface area (Å²) in [6, 6.07) is 11.7. The van der Waals surface area contributed by atoms with E-state index in [0.717, 1.165) is 20.5 Å². The number of benzene rings is 1. The number of nitrogens with two attached hydrogens (primary N) is 1. The minimum absolute atomic E-state index is 0.0235. The second-order valence-corrected chi connectivity index (χ2v) is 5.35. The molecule has 4 heteroatoms. The highest BCUT2D eigenvalue weighted by Gasteiger charge is 2.02. The lowest BCUT2D eigenvalue weighted by Crippen LogP contribution is -2.06. The third-order valence-corrected chi connectivity index (χ3v) is 3.51. The SMILES string of the molecule is C[C@H](N)c1ccc(Sc2ccc(Cl)cc2)cn1. The maximum absolute atomic E-state index is 5.83. The van der Waals surface area contributed by atoms with E-state index in [1.165, 1.54) is 0 Å². The van der Waals surface area contributed by atoms with Crippen LogP contribution >= 0.6 is 23.4 Å². The van der Waals surface area contributed by atoms with E-state index >= 15 is 0 Å². The number of pyridine rings is 1. The molecule has 1 atom stereocenters. The second kappa shape index (κ2) is 5.54. The van der Waals surface area contributed by atoms with E-state index in [1.807, 2.05) is 49.5 Å². The molecule has 2 nitrogen and oxygen atoms in total. The van der Waals surface area contributed by atoms with Crippen LogP contribution in [0.15, 0.2) is 52.4 Å². The highest BCUT2D eigenvalue weighted by molar-refractivity contribution is 7.99. The molecule has 0 radical (unpaired) electrons. The van der Waals surface area contributed by atoms with Crippen LogP contribution in [0.4, 0.5) is 0 Å². The van der Waals surface area contributed by atoms with Gasteiger partial charge in [0, 0.05) is 27.1 Å². The molecule has 0 aliphatic heterocycles. The van der Waals surface area contributed by atoms with E-state index in [0.29, 0.717) is 0 Å². The van der Waals surface area contributed by atoms with Gasteiger partial charge in [0.25, 0.3) is 0 Å². The lowest BCUT2D eigenvalue weighted by atomic mass is 10.2. The minimum atomic E-state index is -0.0235. The van der Waals surface area contributed by atoms with Crippen LogP contribution < -0.4 is 5.73 Å². The Hall–Kier alpha value is -1.03. The highest BCUT2D eigenvalue weighted by Crippen LogP contribution is 2.28. The summed E-state index contributed by atoms with van der Waals surface area (Å²) >= 11 is 7.49. The van der Waals surface area contributed by atoms with Crippen LogP contribution in [0.2, 0.25) is 5.02 Å². The van der Waals surface area contributed by atoms with Gasteiger partial charge in [-0.2, -0.15) is 0 Å². The van der Waals surface area contributed by atoms with E-state index in [2.05, 4.69) is 4.98 Å². The Balaban J connectivity index is 2.11. The number of hydrogen-bond donors (Lipinski definition) is 1. The number of rotatable bonds is 3. The highest BCUT2D eigenvalue weighted by atomic mass is 35.5. The first kappa shape index (κ1) is 12.4. The molecule has 0 amide bonds. The van der Waals surface area contributed by atoms with Crippen molar-refractivity contribution < 1.29 is 0 Å². The Bertz CT molecular complexity index is 480. The zero-order valence-corrected chi connectivity index (χ0v) is 11.0. The van der Waals surface area contributed by atoms with Crippen LogP contribution in [-0.4, -0.2) is 4.98 Å². The predicted octanol–water partition coefficient (Wildman–Crippen LogP) is 3.91. The van der Waals surface area contributed by atoms with Gasteiger partial charge in [-0.05, 0) is 43.3 Å². The minimum Gasteiger partial charge on any atom is -0.323 e. The molecule has 0 bridgehead atoms. The topological polar surface area (TPSA) is 38.9 Å². The fourth-order valence-corrected chi connectivity index (χ4v) is 2.27. The fraction of sp³-hybridized carbons (Fsp3) is 0.154. The molecule has 2 aromatic rings. The zero-order valence-electron chi connectivity index (χ0n) is 9.43. The molecule has 0 saturated heterocycles. The maximum Gasteiger partial charge on any atom is 0.0569 e. The zero-order chi connectivity index (χ0) is 12.3. The van der Waals surface area contributed by atoms with Crippen molar-refractivity contribution in [3.63, 3.8) is 0 Å². The monoisotopic (exact) mass is 264 g/mol. The molecule has 0 unspecified atom stereocenters. The molecule has 0 fully saturated rings. The second-order valence-electron chi connectivity index (χ2n) is 3.76. The van der Waals surface area contributed by atoms with Crippen molar-refractivity contribution in [1.29, 1.82) is 0 Å². The Labute approximate surface area is 110 Å². The smallest absolute Gasteiger partial charge is 0.0569 e. The average Bonchev–Trinajstić information content (AvgIpc) is 2.33. The predicted molar refractivity (Wildman–Crippen MR) is 72.4 cm³/mol. The average molecular weight is 265 g/mol. The van der Waals surface area contributed by atoms with Gasteiger partial charge in [0.2, 0.25) is 0 Å². The van der Waals surface area contributed by atoms with Crippen LogP contribution in [0.1, 0.15) is 18.7 Å². The van der Waals surface area contributed by atoms with E-state index in [9.17, 15) is 0 Å². The molecule has 0 aliphatic carbocycles. The van der Waals surface area contributed by atoms with E-state index < -0.39 is 0 Å². The first-order valence-electron chi connectivity index (χ1n) is 5.30. The molecule has 0 saturated carbocycles. The van der Waals surface area contributed by atoms with E-state index in [-0.39, 0.29) is 6.04 Å². The molecule has 0 spiro atoms. The number of halogens is 1. The molecule has 0 aliphatic rings. The molecule has 1 aromatic heterocycles. The van der Waals surface area contributed by atoms with Crippen LogP contribution in [0.25, 0.3) is 0 Å². The standard InChI is InChI=1S/C13H13ClN2S/c1-9(15)13-7-6-12(8-16-13)17-11-4-2-10(14)3-5-11/h2-9H,15H2,1H3/t9-/m0/s1. The fourth-order valence-electron chi connectivity index (χ4n) is 1.36. The van der Waals surface area contributed by atoms with Gasteiger partial charge in [-0.1, -0.05) is 23.4 Å². The summed E-state index contributed by atoms with van der Waals surface area (Å²) in [6.07, 6.45) is 1.85. The Morgan fingerprint density at radius 1 is 1.12 bits per heavy atom. The lowest BCUT2D eigenvalue weighted by molar-refractivity contribution is 0.777. The normalized spacial score (nSPS) is 12.4. The van der Waals surface area contributed by atoms with E-state index in [1.54, 1.807) is 11.8 Å². The molecule has 2 N–H and O–H groups in total. The third-order valence-electron chi connectivity index (χ3n) is 2.28. The lowest BCUT2D eigenvalue weighted by Gasteiger charge is -2.05. The van der Waals surface area contributed by atoms with Crippen molar-refractivity contribution >= 4 is 23.4 Å². The van der Waals surface area contributed by atoms with E-state index in [4.69, 9.17) is 17.3 Å². The van der Waals surface area contributed by atoms with Crippen molar-refractivity contribution in [2.24, 2.45) is 5.73 Å². The van der Waals surface area contributed by atoms with Gasteiger partial charge in [-0.15, -0.1) is 0 Å². The van der Waals surface area contributed by atoms with Gasteiger partial charge < -0.3 is 5.73 Å². The first-order valence-corrected chi connectivity index (χ1v) is 6.49. The quantitative estimate of drug-likeness (QED) is 0.914. The molecular formula is C13H13ClN2S.